The van der Waals surface area contributed by atoms with Crippen LogP contribution in [0.15, 0.2) is 48.5 Å². The van der Waals surface area contributed by atoms with E-state index in [2.05, 4.69) is 23.5 Å². The minimum atomic E-state index is -1.30. The highest BCUT2D eigenvalue weighted by Gasteiger charge is 2.43. The second-order valence-corrected chi connectivity index (χ2v) is 7.78. The number of nitrogens with zero attached hydrogens (tertiary/aromatic N) is 1. The molecular formula is C22H24FN3O2. The van der Waals surface area contributed by atoms with Crippen LogP contribution in [0.25, 0.3) is 16.3 Å². The normalized spacial score (nSPS) is 24.0. The van der Waals surface area contributed by atoms with E-state index in [1.54, 1.807) is 0 Å². The summed E-state index contributed by atoms with van der Waals surface area (Å²) in [4.78, 5) is 26.2. The number of benzene rings is 2. The van der Waals surface area contributed by atoms with Crippen molar-refractivity contribution < 1.29 is 14.0 Å². The van der Waals surface area contributed by atoms with Gasteiger partial charge in [-0.05, 0) is 40.7 Å². The number of amides is 2. The minimum Gasteiger partial charge on any atom is -0.348 e. The number of fused-ring (bicyclic) bond motifs is 1. The van der Waals surface area contributed by atoms with Crippen LogP contribution in [0.5, 0.6) is 0 Å². The molecule has 1 heterocycles. The molecule has 0 atom stereocenters. The Hall–Kier alpha value is -2.73. The van der Waals surface area contributed by atoms with Gasteiger partial charge in [-0.3, -0.25) is 9.59 Å². The van der Waals surface area contributed by atoms with E-state index in [0.29, 0.717) is 32.5 Å². The Labute approximate surface area is 163 Å². The fraction of sp³-hybridized carbons (Fsp3) is 0.364. The maximum absolute atomic E-state index is 13.8. The summed E-state index contributed by atoms with van der Waals surface area (Å²) in [6.45, 7) is 1.14. The molecule has 146 valence electrons. The van der Waals surface area contributed by atoms with Gasteiger partial charge in [-0.2, -0.15) is 0 Å². The molecule has 4 rings (SSSR count). The van der Waals surface area contributed by atoms with Crippen molar-refractivity contribution in [2.24, 2.45) is 11.7 Å². The molecular weight excluding hydrogens is 357 g/mol. The number of nitrogens with two attached hydrogens (primary N) is 1. The first-order valence-corrected chi connectivity index (χ1v) is 9.62. The Bertz CT molecular complexity index is 944. The number of alkyl halides is 1. The van der Waals surface area contributed by atoms with Crippen molar-refractivity contribution >= 4 is 28.2 Å². The molecule has 1 fully saturated rings. The molecule has 28 heavy (non-hydrogen) atoms. The quantitative estimate of drug-likeness (QED) is 0.798. The fourth-order valence-corrected chi connectivity index (χ4v) is 4.15. The van der Waals surface area contributed by atoms with Gasteiger partial charge >= 0.3 is 11.8 Å². The van der Waals surface area contributed by atoms with Gasteiger partial charge in [0.15, 0.2) is 0 Å². The highest BCUT2D eigenvalue weighted by Crippen LogP contribution is 2.39. The van der Waals surface area contributed by atoms with Crippen molar-refractivity contribution in [1.29, 1.82) is 0 Å². The first-order valence-electron chi connectivity index (χ1n) is 9.62. The lowest BCUT2D eigenvalue weighted by Crippen LogP contribution is -2.51. The third-order valence-corrected chi connectivity index (χ3v) is 5.76. The third-order valence-electron chi connectivity index (χ3n) is 5.76. The first kappa shape index (κ1) is 18.6. The van der Waals surface area contributed by atoms with Gasteiger partial charge in [0, 0.05) is 26.2 Å². The van der Waals surface area contributed by atoms with Crippen LogP contribution >= 0.6 is 0 Å². The van der Waals surface area contributed by atoms with Gasteiger partial charge < -0.3 is 16.0 Å². The summed E-state index contributed by atoms with van der Waals surface area (Å²) in [5.41, 5.74) is 6.21. The Morgan fingerprint density at radius 1 is 1.18 bits per heavy atom. The molecule has 6 heteroatoms. The molecule has 0 radical (unpaired) electrons. The summed E-state index contributed by atoms with van der Waals surface area (Å²) in [5, 5.41) is 4.92. The number of carbonyl (C=O) groups is 2. The lowest BCUT2D eigenvalue weighted by molar-refractivity contribution is -0.145. The molecule has 2 amide bonds. The minimum absolute atomic E-state index is 0.00672. The zero-order valence-electron chi connectivity index (χ0n) is 15.7. The molecule has 2 aromatic rings. The van der Waals surface area contributed by atoms with E-state index >= 15 is 0 Å². The Morgan fingerprint density at radius 3 is 2.71 bits per heavy atom. The summed E-state index contributed by atoms with van der Waals surface area (Å²) in [6, 6.07) is 14.2. The van der Waals surface area contributed by atoms with E-state index in [4.69, 9.17) is 5.73 Å². The lowest BCUT2D eigenvalue weighted by atomic mass is 9.72. The number of halogens is 1. The fourth-order valence-electron chi connectivity index (χ4n) is 4.15. The molecule has 1 aliphatic carbocycles. The van der Waals surface area contributed by atoms with Crippen LogP contribution in [0.3, 0.4) is 0 Å². The van der Waals surface area contributed by atoms with E-state index in [1.807, 2.05) is 30.3 Å². The van der Waals surface area contributed by atoms with E-state index in [9.17, 15) is 14.0 Å². The Balaban J connectivity index is 1.34. The molecule has 3 N–H and O–H groups in total. The maximum Gasteiger partial charge on any atom is 0.312 e. The molecule has 0 bridgehead atoms. The second kappa shape index (κ2) is 7.36. The van der Waals surface area contributed by atoms with E-state index < -0.39 is 17.5 Å². The molecule has 0 spiro atoms. The first-order chi connectivity index (χ1) is 13.5. The summed E-state index contributed by atoms with van der Waals surface area (Å²) in [7, 11) is 0. The van der Waals surface area contributed by atoms with Crippen molar-refractivity contribution in [3.05, 3.63) is 54.1 Å². The zero-order chi connectivity index (χ0) is 19.7. The standard InChI is InChI=1S/C22H24FN3O2/c23-22(14-24)10-15(11-22)12-25-20(27)21(28)26-9-8-17(13-26)19-7-3-5-16-4-1-2-6-18(16)19/h1-8,15H,9-14,24H2,(H,25,27). The molecule has 0 saturated heterocycles. The van der Waals surface area contributed by atoms with Crippen LogP contribution in [0, 0.1) is 5.92 Å². The van der Waals surface area contributed by atoms with Gasteiger partial charge in [0.2, 0.25) is 0 Å². The number of rotatable bonds is 4. The van der Waals surface area contributed by atoms with Gasteiger partial charge in [-0.25, -0.2) is 4.39 Å². The summed E-state index contributed by atoms with van der Waals surface area (Å²) >= 11 is 0. The number of hydrogen-bond donors (Lipinski definition) is 2. The van der Waals surface area contributed by atoms with Gasteiger partial charge in [0.05, 0.1) is 0 Å². The second-order valence-electron chi connectivity index (χ2n) is 7.78. The van der Waals surface area contributed by atoms with Crippen molar-refractivity contribution in [3.63, 3.8) is 0 Å². The van der Waals surface area contributed by atoms with Crippen LogP contribution < -0.4 is 11.1 Å². The molecule has 1 saturated carbocycles. The average molecular weight is 381 g/mol. The highest BCUT2D eigenvalue weighted by molar-refractivity contribution is 6.35. The maximum atomic E-state index is 13.8. The van der Waals surface area contributed by atoms with Crippen molar-refractivity contribution in [1.82, 2.24) is 10.2 Å². The number of nitrogens with one attached hydrogen (secondary N) is 1. The van der Waals surface area contributed by atoms with Gasteiger partial charge in [0.1, 0.15) is 5.67 Å². The van der Waals surface area contributed by atoms with E-state index in [0.717, 1.165) is 21.9 Å². The Morgan fingerprint density at radius 2 is 1.93 bits per heavy atom. The molecule has 0 aromatic heterocycles. The van der Waals surface area contributed by atoms with Gasteiger partial charge in [-0.1, -0.05) is 48.5 Å². The largest absolute Gasteiger partial charge is 0.348 e. The number of carbonyl (C=O) groups excluding carboxylic acids is 2. The smallest absolute Gasteiger partial charge is 0.312 e. The topological polar surface area (TPSA) is 75.4 Å². The van der Waals surface area contributed by atoms with Crippen LogP contribution in [0.4, 0.5) is 4.39 Å². The summed E-state index contributed by atoms with van der Waals surface area (Å²) in [6.07, 6.45) is 2.68. The average Bonchev–Trinajstić information content (AvgIpc) is 3.19. The van der Waals surface area contributed by atoms with Crippen LogP contribution in [0.1, 0.15) is 18.4 Å². The van der Waals surface area contributed by atoms with Crippen molar-refractivity contribution in [3.8, 4) is 0 Å². The predicted octanol–water partition coefficient (Wildman–Crippen LogP) is 2.26. The highest BCUT2D eigenvalue weighted by atomic mass is 19.1. The van der Waals surface area contributed by atoms with Crippen molar-refractivity contribution in [2.45, 2.75) is 18.5 Å². The Kier molecular flexibility index (Phi) is 4.89. The SMILES string of the molecule is NCC1(F)CC(CNC(=O)C(=O)N2CC=C(c3cccc4ccccc34)C2)C1. The van der Waals surface area contributed by atoms with Crippen molar-refractivity contribution in [2.75, 3.05) is 26.2 Å². The van der Waals surface area contributed by atoms with Crippen LogP contribution in [-0.4, -0.2) is 48.6 Å². The third kappa shape index (κ3) is 3.52. The molecule has 0 unspecified atom stereocenters. The predicted molar refractivity (Wildman–Crippen MR) is 107 cm³/mol. The summed E-state index contributed by atoms with van der Waals surface area (Å²) < 4.78 is 13.8. The molecule has 2 aliphatic rings. The van der Waals surface area contributed by atoms with E-state index in [-0.39, 0.29) is 12.5 Å². The zero-order valence-corrected chi connectivity index (χ0v) is 15.7. The lowest BCUT2D eigenvalue weighted by Gasteiger charge is -2.40. The molecule has 2 aromatic carbocycles. The molecule has 5 nitrogen and oxygen atoms in total. The monoisotopic (exact) mass is 381 g/mol. The van der Waals surface area contributed by atoms with E-state index in [1.165, 1.54) is 4.90 Å². The van der Waals surface area contributed by atoms with Gasteiger partial charge in [0.25, 0.3) is 0 Å². The van der Waals surface area contributed by atoms with Gasteiger partial charge in [-0.15, -0.1) is 0 Å². The summed E-state index contributed by atoms with van der Waals surface area (Å²) in [5.74, 6) is -1.12. The van der Waals surface area contributed by atoms with Crippen LogP contribution in [-0.2, 0) is 9.59 Å². The van der Waals surface area contributed by atoms with Crippen LogP contribution in [0.2, 0.25) is 0 Å². The number of hydrogen-bond acceptors (Lipinski definition) is 3. The molecule has 1 aliphatic heterocycles.